The van der Waals surface area contributed by atoms with Gasteiger partial charge in [0.25, 0.3) is 0 Å². The van der Waals surface area contributed by atoms with E-state index in [0.717, 1.165) is 0 Å². The van der Waals surface area contributed by atoms with Crippen molar-refractivity contribution in [3.8, 4) is 44.6 Å². The molecule has 0 bridgehead atoms. The van der Waals surface area contributed by atoms with Crippen LogP contribution in [0, 0.1) is 6.92 Å². The van der Waals surface area contributed by atoms with Crippen LogP contribution in [0.1, 0.15) is 82.6 Å². The summed E-state index contributed by atoms with van der Waals surface area (Å²) < 4.78 is 2.34. The molecule has 0 aliphatic heterocycles. The molecule has 1 heteroatoms. The van der Waals surface area contributed by atoms with Crippen molar-refractivity contribution in [1.82, 2.24) is 0 Å². The van der Waals surface area contributed by atoms with Crippen LogP contribution in [0.25, 0.3) is 55.4 Å². The summed E-state index contributed by atoms with van der Waals surface area (Å²) in [5.74, 6) is 0.774. The Labute approximate surface area is 276 Å². The first-order valence-corrected chi connectivity index (χ1v) is 16.8. The standard InChI is InChI=1S/C45H48N/c1-29(2)39-25-36(34-21-19-33(20-22-34)32-15-11-10-12-16-32)26-40(30(3)4)44(39)35-23-24-43(46(9)28-35)41-27-42(45(6,7)8)38-18-14-13-17-37(38)31(41)5/h10-30H,1-9H3/q+1. The van der Waals surface area contributed by atoms with Crippen molar-refractivity contribution in [2.45, 2.75) is 72.6 Å². The molecule has 6 aromatic rings. The van der Waals surface area contributed by atoms with Crippen LogP contribution in [0.2, 0.25) is 0 Å². The van der Waals surface area contributed by atoms with E-state index in [-0.39, 0.29) is 5.41 Å². The minimum absolute atomic E-state index is 0.0442. The number of pyridine rings is 1. The van der Waals surface area contributed by atoms with Gasteiger partial charge >= 0.3 is 0 Å². The molecule has 0 N–H and O–H groups in total. The van der Waals surface area contributed by atoms with E-state index in [2.05, 4.69) is 182 Å². The van der Waals surface area contributed by atoms with Gasteiger partial charge in [0.1, 0.15) is 7.05 Å². The second kappa shape index (κ2) is 12.4. The molecule has 1 heterocycles. The molecule has 6 rings (SSSR count). The number of fused-ring (bicyclic) bond motifs is 1. The van der Waals surface area contributed by atoms with Gasteiger partial charge in [-0.3, -0.25) is 0 Å². The van der Waals surface area contributed by atoms with Crippen LogP contribution in [-0.2, 0) is 12.5 Å². The Kier molecular flexibility index (Phi) is 8.47. The van der Waals surface area contributed by atoms with Gasteiger partial charge in [0.05, 0.1) is 0 Å². The minimum Gasteiger partial charge on any atom is -0.200 e. The molecule has 0 aliphatic rings. The lowest BCUT2D eigenvalue weighted by Gasteiger charge is -2.24. The number of nitrogens with zero attached hydrogens (tertiary/aromatic N) is 1. The lowest BCUT2D eigenvalue weighted by Crippen LogP contribution is -2.31. The zero-order valence-corrected chi connectivity index (χ0v) is 29.1. The molecule has 232 valence electrons. The maximum absolute atomic E-state index is 2.43. The predicted octanol–water partition coefficient (Wildman–Crippen LogP) is 12.2. The normalized spacial score (nSPS) is 12.0. The second-order valence-electron chi connectivity index (χ2n) is 14.6. The number of aromatic nitrogens is 1. The van der Waals surface area contributed by atoms with E-state index in [1.54, 1.807) is 0 Å². The second-order valence-corrected chi connectivity index (χ2v) is 14.6. The molecule has 0 spiro atoms. The molecule has 1 nitrogen and oxygen atoms in total. The molecule has 0 amide bonds. The number of hydrogen-bond acceptors (Lipinski definition) is 0. The number of rotatable bonds is 6. The average molecular weight is 603 g/mol. The molecule has 0 fully saturated rings. The number of hydrogen-bond donors (Lipinski definition) is 0. The largest absolute Gasteiger partial charge is 0.212 e. The quantitative estimate of drug-likeness (QED) is 0.167. The van der Waals surface area contributed by atoms with Gasteiger partial charge in [-0.2, -0.15) is 0 Å². The van der Waals surface area contributed by atoms with Crippen molar-refractivity contribution in [3.63, 3.8) is 0 Å². The average Bonchev–Trinajstić information content (AvgIpc) is 3.04. The van der Waals surface area contributed by atoms with Gasteiger partial charge < -0.3 is 0 Å². The van der Waals surface area contributed by atoms with E-state index in [1.807, 2.05) is 0 Å². The Hall–Kier alpha value is -4.49. The molecule has 5 aromatic carbocycles. The van der Waals surface area contributed by atoms with E-state index in [0.29, 0.717) is 11.8 Å². The predicted molar refractivity (Wildman–Crippen MR) is 198 cm³/mol. The molecule has 0 saturated carbocycles. The highest BCUT2D eigenvalue weighted by Crippen LogP contribution is 2.41. The van der Waals surface area contributed by atoms with E-state index >= 15 is 0 Å². The summed E-state index contributed by atoms with van der Waals surface area (Å²) in [6.07, 6.45) is 2.35. The van der Waals surface area contributed by atoms with Gasteiger partial charge in [-0.05, 0) is 97.2 Å². The number of benzene rings is 5. The first kappa shape index (κ1) is 31.5. The van der Waals surface area contributed by atoms with Crippen LogP contribution in [0.4, 0.5) is 0 Å². The van der Waals surface area contributed by atoms with Crippen LogP contribution < -0.4 is 4.57 Å². The smallest absolute Gasteiger partial charge is 0.200 e. The van der Waals surface area contributed by atoms with Gasteiger partial charge in [-0.1, -0.05) is 139 Å². The SMILES string of the molecule is Cc1c(-c2ccc(-c3c(C(C)C)cc(-c4ccc(-c5ccccc5)cc4)cc3C(C)C)c[n+]2C)cc(C(C)(C)C)c2ccccc12. The molecule has 1 aromatic heterocycles. The van der Waals surface area contributed by atoms with Crippen molar-refractivity contribution in [2.75, 3.05) is 0 Å². The molecule has 0 unspecified atom stereocenters. The van der Waals surface area contributed by atoms with Crippen LogP contribution in [0.5, 0.6) is 0 Å². The molecule has 46 heavy (non-hydrogen) atoms. The molecule has 0 saturated heterocycles. The van der Waals surface area contributed by atoms with E-state index in [9.17, 15) is 0 Å². The summed E-state index contributed by atoms with van der Waals surface area (Å²) in [5.41, 5.74) is 15.8. The van der Waals surface area contributed by atoms with Crippen molar-refractivity contribution in [2.24, 2.45) is 7.05 Å². The fraction of sp³-hybridized carbons (Fsp3) is 0.267. The Morgan fingerprint density at radius 2 is 1.04 bits per heavy atom. The van der Waals surface area contributed by atoms with Crippen molar-refractivity contribution < 1.29 is 4.57 Å². The summed E-state index contributed by atoms with van der Waals surface area (Å²) in [6.45, 7) is 18.5. The van der Waals surface area contributed by atoms with Gasteiger partial charge in [0.2, 0.25) is 5.69 Å². The van der Waals surface area contributed by atoms with Gasteiger partial charge in [0, 0.05) is 17.2 Å². The summed E-state index contributed by atoms with van der Waals surface area (Å²) in [7, 11) is 2.21. The Bertz CT molecular complexity index is 1990. The van der Waals surface area contributed by atoms with Crippen LogP contribution in [-0.4, -0.2) is 0 Å². The lowest BCUT2D eigenvalue weighted by atomic mass is 9.80. The van der Waals surface area contributed by atoms with E-state index < -0.39 is 0 Å². The van der Waals surface area contributed by atoms with Gasteiger partial charge in [0.15, 0.2) is 6.20 Å². The fourth-order valence-electron chi connectivity index (χ4n) is 7.03. The van der Waals surface area contributed by atoms with Crippen LogP contribution in [0.15, 0.2) is 115 Å². The molecular weight excluding hydrogens is 555 g/mol. The maximum Gasteiger partial charge on any atom is 0.212 e. The third-order valence-electron chi connectivity index (χ3n) is 9.59. The van der Waals surface area contributed by atoms with Gasteiger partial charge in [-0.25, -0.2) is 4.57 Å². The monoisotopic (exact) mass is 602 g/mol. The topological polar surface area (TPSA) is 3.88 Å². The van der Waals surface area contributed by atoms with Gasteiger partial charge in [-0.15, -0.1) is 0 Å². The molecule has 0 atom stereocenters. The highest BCUT2D eigenvalue weighted by Gasteiger charge is 2.25. The highest BCUT2D eigenvalue weighted by atomic mass is 14.9. The summed E-state index contributed by atoms with van der Waals surface area (Å²) in [4.78, 5) is 0. The van der Waals surface area contributed by atoms with Crippen LogP contribution >= 0.6 is 0 Å². The van der Waals surface area contributed by atoms with Crippen molar-refractivity contribution in [1.29, 1.82) is 0 Å². The Balaban J connectivity index is 1.47. The third kappa shape index (κ3) is 5.92. The lowest BCUT2D eigenvalue weighted by molar-refractivity contribution is -0.659. The molecular formula is C45H48N+. The number of aryl methyl sites for hydroxylation is 2. The first-order chi connectivity index (χ1) is 21.9. The van der Waals surface area contributed by atoms with E-state index in [4.69, 9.17) is 0 Å². The molecule has 0 aliphatic carbocycles. The van der Waals surface area contributed by atoms with Crippen molar-refractivity contribution >= 4 is 10.8 Å². The minimum atomic E-state index is 0.0442. The summed E-state index contributed by atoms with van der Waals surface area (Å²) in [6, 6.07) is 40.5. The molecule has 0 radical (unpaired) electrons. The fourth-order valence-corrected chi connectivity index (χ4v) is 7.03. The zero-order valence-electron chi connectivity index (χ0n) is 29.1. The van der Waals surface area contributed by atoms with Crippen LogP contribution in [0.3, 0.4) is 0 Å². The maximum atomic E-state index is 2.43. The summed E-state index contributed by atoms with van der Waals surface area (Å²) >= 11 is 0. The third-order valence-corrected chi connectivity index (χ3v) is 9.59. The zero-order chi connectivity index (χ0) is 32.7. The Morgan fingerprint density at radius 1 is 0.543 bits per heavy atom. The van der Waals surface area contributed by atoms with Crippen molar-refractivity contribution in [3.05, 3.63) is 138 Å². The Morgan fingerprint density at radius 3 is 1.59 bits per heavy atom. The first-order valence-electron chi connectivity index (χ1n) is 16.8. The summed E-state index contributed by atoms with van der Waals surface area (Å²) in [5, 5.41) is 2.69. The van der Waals surface area contributed by atoms with E-state index in [1.165, 1.54) is 77.7 Å². The highest BCUT2D eigenvalue weighted by molar-refractivity contribution is 5.94.